The van der Waals surface area contributed by atoms with Crippen molar-refractivity contribution in [3.63, 3.8) is 0 Å². The second-order valence-corrected chi connectivity index (χ2v) is 9.47. The molecule has 1 aliphatic carbocycles. The lowest BCUT2D eigenvalue weighted by molar-refractivity contribution is 0.158. The Morgan fingerprint density at radius 2 is 1.37 bits per heavy atom. The van der Waals surface area contributed by atoms with E-state index in [0.29, 0.717) is 10.2 Å². The molecule has 1 saturated heterocycles. The lowest BCUT2D eigenvalue weighted by Gasteiger charge is -2.47. The summed E-state index contributed by atoms with van der Waals surface area (Å²) in [5, 5.41) is 7.30. The predicted molar refractivity (Wildman–Crippen MR) is 90.5 cm³/mol. The lowest BCUT2D eigenvalue weighted by atomic mass is 9.68. The van der Waals surface area contributed by atoms with E-state index in [2.05, 4.69) is 49.4 Å². The van der Waals surface area contributed by atoms with Gasteiger partial charge in [0.2, 0.25) is 0 Å². The zero-order valence-corrected chi connectivity index (χ0v) is 15.3. The van der Waals surface area contributed by atoms with Crippen molar-refractivity contribution in [2.45, 2.75) is 61.0 Å². The van der Waals surface area contributed by atoms with Crippen molar-refractivity contribution in [2.75, 3.05) is 26.2 Å². The van der Waals surface area contributed by atoms with Crippen LogP contribution in [0.4, 0.5) is 0 Å². The first kappa shape index (κ1) is 16.3. The highest BCUT2D eigenvalue weighted by molar-refractivity contribution is 9.10. The second kappa shape index (κ2) is 7.24. The van der Waals surface area contributed by atoms with E-state index in [9.17, 15) is 0 Å². The average Bonchev–Trinajstić information content (AvgIpc) is 2.32. The van der Waals surface area contributed by atoms with Crippen LogP contribution in [0.1, 0.15) is 51.9 Å². The smallest absolute Gasteiger partial charge is 0.0559 e. The van der Waals surface area contributed by atoms with E-state index < -0.39 is 0 Å². The van der Waals surface area contributed by atoms with E-state index in [1.165, 1.54) is 44.9 Å². The quantitative estimate of drug-likeness (QED) is 0.659. The molecule has 1 saturated carbocycles. The summed E-state index contributed by atoms with van der Waals surface area (Å²) in [6.45, 7) is 6.74. The first-order chi connectivity index (χ1) is 9.06. The minimum Gasteiger partial charge on any atom is -0.314 e. The van der Waals surface area contributed by atoms with Crippen LogP contribution < -0.4 is 10.6 Å². The van der Waals surface area contributed by atoms with Crippen molar-refractivity contribution in [3.05, 3.63) is 0 Å². The van der Waals surface area contributed by atoms with Gasteiger partial charge in [0.15, 0.2) is 0 Å². The molecular weight excluding hydrogens is 368 g/mol. The van der Waals surface area contributed by atoms with Gasteiger partial charge in [0, 0.05) is 31.0 Å². The summed E-state index contributed by atoms with van der Waals surface area (Å²) in [7, 11) is 0. The molecule has 0 amide bonds. The molecule has 112 valence electrons. The fraction of sp³-hybridized carbons (Fsp3) is 1.00. The van der Waals surface area contributed by atoms with Crippen LogP contribution in [0.25, 0.3) is 0 Å². The molecule has 2 nitrogen and oxygen atoms in total. The molecule has 19 heavy (non-hydrogen) atoms. The zero-order chi connectivity index (χ0) is 13.8. The highest BCUT2D eigenvalue weighted by atomic mass is 79.9. The van der Waals surface area contributed by atoms with Crippen molar-refractivity contribution in [3.8, 4) is 0 Å². The van der Waals surface area contributed by atoms with Crippen molar-refractivity contribution in [1.82, 2.24) is 10.6 Å². The summed E-state index contributed by atoms with van der Waals surface area (Å²) in [6.07, 6.45) is 9.79. The molecule has 0 atom stereocenters. The Morgan fingerprint density at radius 3 is 1.89 bits per heavy atom. The molecule has 2 rings (SSSR count). The first-order valence-corrected chi connectivity index (χ1v) is 9.51. The van der Waals surface area contributed by atoms with Gasteiger partial charge in [-0.25, -0.2) is 0 Å². The van der Waals surface area contributed by atoms with Gasteiger partial charge >= 0.3 is 0 Å². The highest BCUT2D eigenvalue weighted by Crippen LogP contribution is 2.47. The van der Waals surface area contributed by atoms with Crippen LogP contribution in [0, 0.1) is 5.41 Å². The molecule has 0 bridgehead atoms. The van der Waals surface area contributed by atoms with Gasteiger partial charge in [0.25, 0.3) is 0 Å². The van der Waals surface area contributed by atoms with Crippen LogP contribution in [0.3, 0.4) is 0 Å². The maximum atomic E-state index is 4.14. The van der Waals surface area contributed by atoms with Gasteiger partial charge < -0.3 is 10.6 Å². The molecule has 0 radical (unpaired) electrons. The number of halogens is 2. The van der Waals surface area contributed by atoms with Gasteiger partial charge in [-0.05, 0) is 18.3 Å². The second-order valence-electron chi connectivity index (χ2n) is 6.65. The molecule has 0 aromatic heterocycles. The van der Waals surface area contributed by atoms with Crippen molar-refractivity contribution < 1.29 is 0 Å². The Bertz CT molecular complexity index is 265. The van der Waals surface area contributed by atoms with Crippen molar-refractivity contribution in [1.29, 1.82) is 0 Å². The van der Waals surface area contributed by atoms with Gasteiger partial charge in [0.1, 0.15) is 0 Å². The van der Waals surface area contributed by atoms with Gasteiger partial charge in [-0.15, -0.1) is 0 Å². The normalized spacial score (nSPS) is 37.7. The number of alkyl halides is 2. The van der Waals surface area contributed by atoms with Gasteiger partial charge in [-0.3, -0.25) is 0 Å². The summed E-state index contributed by atoms with van der Waals surface area (Å²) >= 11 is 7.84. The standard InChI is InChI=1S/C15H28Br2N2/c1-14(7-5-3-2-4-6-8-14)15(17)11-18-9-13(16)10-19-12-15/h13,18-19H,2-12H2,1H3. The number of hydrogen-bond donors (Lipinski definition) is 2. The molecule has 1 aliphatic heterocycles. The van der Waals surface area contributed by atoms with E-state index in [0.717, 1.165) is 26.2 Å². The predicted octanol–water partition coefficient (Wildman–Crippen LogP) is 3.83. The van der Waals surface area contributed by atoms with E-state index in [1.54, 1.807) is 0 Å². The molecule has 2 fully saturated rings. The molecule has 2 aliphatic rings. The summed E-state index contributed by atoms with van der Waals surface area (Å²) in [5.74, 6) is 0. The van der Waals surface area contributed by atoms with Crippen LogP contribution in [0.5, 0.6) is 0 Å². The molecule has 4 heteroatoms. The summed E-state index contributed by atoms with van der Waals surface area (Å²) in [5.41, 5.74) is 0.409. The Hall–Kier alpha value is 0.880. The minimum atomic E-state index is 0.199. The Kier molecular flexibility index (Phi) is 6.19. The van der Waals surface area contributed by atoms with Gasteiger partial charge in [-0.1, -0.05) is 70.9 Å². The van der Waals surface area contributed by atoms with Gasteiger partial charge in [-0.2, -0.15) is 0 Å². The number of hydrogen-bond acceptors (Lipinski definition) is 2. The first-order valence-electron chi connectivity index (χ1n) is 7.80. The Labute approximate surface area is 135 Å². The van der Waals surface area contributed by atoms with Gasteiger partial charge in [0.05, 0.1) is 4.32 Å². The lowest BCUT2D eigenvalue weighted by Crippen LogP contribution is -2.57. The number of nitrogens with one attached hydrogen (secondary N) is 2. The van der Waals surface area contributed by atoms with Crippen LogP contribution >= 0.6 is 31.9 Å². The Morgan fingerprint density at radius 1 is 0.895 bits per heavy atom. The molecule has 1 heterocycles. The van der Waals surface area contributed by atoms with E-state index in [1.807, 2.05) is 0 Å². The molecule has 2 N–H and O–H groups in total. The van der Waals surface area contributed by atoms with Crippen molar-refractivity contribution >= 4 is 31.9 Å². The maximum absolute atomic E-state index is 4.14. The third-order valence-electron chi connectivity index (χ3n) is 5.08. The van der Waals surface area contributed by atoms with Crippen LogP contribution in [-0.2, 0) is 0 Å². The van der Waals surface area contributed by atoms with E-state index in [4.69, 9.17) is 0 Å². The van der Waals surface area contributed by atoms with Crippen LogP contribution in [0.15, 0.2) is 0 Å². The zero-order valence-electron chi connectivity index (χ0n) is 12.1. The maximum Gasteiger partial charge on any atom is 0.0559 e. The largest absolute Gasteiger partial charge is 0.314 e. The molecule has 0 aromatic carbocycles. The van der Waals surface area contributed by atoms with E-state index >= 15 is 0 Å². The third kappa shape index (κ3) is 4.18. The molecule has 0 spiro atoms. The Balaban J connectivity index is 2.05. The fourth-order valence-electron chi connectivity index (χ4n) is 3.55. The summed E-state index contributed by atoms with van der Waals surface area (Å²) in [6, 6.07) is 0. The SMILES string of the molecule is CC1(C2(Br)CNCC(Br)CNC2)CCCCCCC1. The van der Waals surface area contributed by atoms with Crippen LogP contribution in [-0.4, -0.2) is 35.3 Å². The number of rotatable bonds is 1. The molecular formula is C15H28Br2N2. The summed E-state index contributed by atoms with van der Waals surface area (Å²) < 4.78 is 0.199. The fourth-order valence-corrected chi connectivity index (χ4v) is 4.80. The summed E-state index contributed by atoms with van der Waals surface area (Å²) in [4.78, 5) is 0.551. The van der Waals surface area contributed by atoms with E-state index in [-0.39, 0.29) is 4.32 Å². The minimum absolute atomic E-state index is 0.199. The monoisotopic (exact) mass is 394 g/mol. The highest BCUT2D eigenvalue weighted by Gasteiger charge is 2.45. The molecule has 0 unspecified atom stereocenters. The topological polar surface area (TPSA) is 24.1 Å². The van der Waals surface area contributed by atoms with Crippen molar-refractivity contribution in [2.24, 2.45) is 5.41 Å². The average molecular weight is 396 g/mol. The van der Waals surface area contributed by atoms with Crippen LogP contribution in [0.2, 0.25) is 0 Å². The molecule has 0 aromatic rings. The third-order valence-corrected chi connectivity index (χ3v) is 7.25.